The van der Waals surface area contributed by atoms with Gasteiger partial charge in [-0.2, -0.15) is 0 Å². The highest BCUT2D eigenvalue weighted by atomic mass is 15.1. The van der Waals surface area contributed by atoms with E-state index < -0.39 is 5.41 Å². The summed E-state index contributed by atoms with van der Waals surface area (Å²) in [5.41, 5.74) is 21.7. The van der Waals surface area contributed by atoms with Crippen molar-refractivity contribution in [1.29, 1.82) is 0 Å². The van der Waals surface area contributed by atoms with E-state index in [4.69, 9.17) is 0 Å². The predicted octanol–water partition coefficient (Wildman–Crippen LogP) is 17.1. The highest BCUT2D eigenvalue weighted by Gasteiger charge is 2.52. The third-order valence-electron chi connectivity index (χ3n) is 14.6. The molecule has 0 saturated carbocycles. The zero-order chi connectivity index (χ0) is 44.1. The number of rotatable bonds is 6. The average Bonchev–Trinajstić information content (AvgIpc) is 4.02. The van der Waals surface area contributed by atoms with Gasteiger partial charge in [0.25, 0.3) is 0 Å². The fourth-order valence-electron chi connectivity index (χ4n) is 11.9. The van der Waals surface area contributed by atoms with Crippen LogP contribution in [0.4, 0.5) is 17.1 Å². The molecule has 0 aliphatic heterocycles. The molecule has 1 heterocycles. The second-order valence-corrected chi connectivity index (χ2v) is 17.9. The van der Waals surface area contributed by atoms with Gasteiger partial charge in [-0.3, -0.25) is 0 Å². The zero-order valence-corrected chi connectivity index (χ0v) is 36.6. The van der Waals surface area contributed by atoms with Crippen LogP contribution < -0.4 is 4.90 Å². The fraction of sp³-hybridized carbons (Fsp3) is 0.0154. The molecule has 0 saturated heterocycles. The lowest BCUT2D eigenvalue weighted by Crippen LogP contribution is -2.26. The molecule has 0 atom stereocenters. The summed E-state index contributed by atoms with van der Waals surface area (Å²) < 4.78 is 2.45. The summed E-state index contributed by atoms with van der Waals surface area (Å²) in [6.45, 7) is 0. The summed E-state index contributed by atoms with van der Waals surface area (Å²) in [5, 5.41) is 5.00. The molecule has 0 fully saturated rings. The Balaban J connectivity index is 0.982. The summed E-state index contributed by atoms with van der Waals surface area (Å²) >= 11 is 0. The minimum Gasteiger partial charge on any atom is -0.309 e. The Hall–Kier alpha value is -8.72. The van der Waals surface area contributed by atoms with E-state index in [1.54, 1.807) is 0 Å². The van der Waals surface area contributed by atoms with Crippen LogP contribution in [0.1, 0.15) is 22.3 Å². The van der Waals surface area contributed by atoms with Crippen molar-refractivity contribution in [3.8, 4) is 50.2 Å². The maximum absolute atomic E-state index is 2.51. The van der Waals surface area contributed by atoms with Crippen LogP contribution in [0.25, 0.3) is 82.8 Å². The largest absolute Gasteiger partial charge is 0.309 e. The standard InChI is InChI=1S/C65H42N2/c1-3-18-44(19-4-1)49-23-12-16-32-60(49)66(61-33-17-31-59-63(61)55-27-11-15-30-58(55)65(59)56-28-13-9-25-51(56)52-26-10-14-29-57(52)65)48-38-34-43(35-39-48)46-37-40-53-54-41-36-45-20-7-8-24-50(45)64(54)67(62(53)42-46)47-21-5-2-6-22-47/h1-42H. The Bertz CT molecular complexity index is 3870. The summed E-state index contributed by atoms with van der Waals surface area (Å²) in [5.74, 6) is 0. The minimum absolute atomic E-state index is 0.448. The highest BCUT2D eigenvalue weighted by molar-refractivity contribution is 6.19. The van der Waals surface area contributed by atoms with E-state index in [9.17, 15) is 0 Å². The second-order valence-electron chi connectivity index (χ2n) is 17.9. The van der Waals surface area contributed by atoms with Gasteiger partial charge in [0.15, 0.2) is 0 Å². The number of para-hydroxylation sites is 2. The van der Waals surface area contributed by atoms with Crippen molar-refractivity contribution in [2.24, 2.45) is 0 Å². The van der Waals surface area contributed by atoms with Gasteiger partial charge in [-0.25, -0.2) is 0 Å². The molecule has 1 aromatic heterocycles. The van der Waals surface area contributed by atoms with E-state index in [2.05, 4.69) is 264 Å². The van der Waals surface area contributed by atoms with Gasteiger partial charge in [0.05, 0.1) is 27.8 Å². The Morgan fingerprint density at radius 3 is 1.63 bits per heavy atom. The first kappa shape index (κ1) is 37.6. The van der Waals surface area contributed by atoms with Crippen molar-refractivity contribution in [2.45, 2.75) is 5.41 Å². The van der Waals surface area contributed by atoms with Gasteiger partial charge in [0.1, 0.15) is 0 Å². The molecule has 2 nitrogen and oxygen atoms in total. The molecule has 2 heteroatoms. The van der Waals surface area contributed by atoms with E-state index in [1.165, 1.54) is 99.3 Å². The van der Waals surface area contributed by atoms with Crippen LogP contribution in [0.3, 0.4) is 0 Å². The lowest BCUT2D eigenvalue weighted by molar-refractivity contribution is 0.794. The van der Waals surface area contributed by atoms with Crippen LogP contribution in [0.2, 0.25) is 0 Å². The predicted molar refractivity (Wildman–Crippen MR) is 280 cm³/mol. The van der Waals surface area contributed by atoms with Crippen molar-refractivity contribution in [3.05, 3.63) is 277 Å². The van der Waals surface area contributed by atoms with Gasteiger partial charge in [0, 0.05) is 38.7 Å². The number of benzene rings is 11. The Morgan fingerprint density at radius 2 is 0.881 bits per heavy atom. The van der Waals surface area contributed by atoms with Gasteiger partial charge in [-0.15, -0.1) is 0 Å². The van der Waals surface area contributed by atoms with Crippen LogP contribution >= 0.6 is 0 Å². The second kappa shape index (κ2) is 14.7. The molecular formula is C65H42N2. The molecule has 12 aromatic rings. The topological polar surface area (TPSA) is 8.17 Å². The van der Waals surface area contributed by atoms with Gasteiger partial charge < -0.3 is 9.47 Å². The van der Waals surface area contributed by atoms with Crippen molar-refractivity contribution in [2.75, 3.05) is 4.90 Å². The first-order valence-electron chi connectivity index (χ1n) is 23.3. The van der Waals surface area contributed by atoms with Crippen LogP contribution in [-0.4, -0.2) is 4.57 Å². The lowest BCUT2D eigenvalue weighted by Gasteiger charge is -2.32. The average molecular weight is 851 g/mol. The molecule has 14 rings (SSSR count). The molecule has 0 unspecified atom stereocenters. The van der Waals surface area contributed by atoms with E-state index in [0.29, 0.717) is 0 Å². The summed E-state index contributed by atoms with van der Waals surface area (Å²) in [6, 6.07) is 94.3. The van der Waals surface area contributed by atoms with Crippen molar-refractivity contribution in [3.63, 3.8) is 0 Å². The molecule has 0 bridgehead atoms. The third-order valence-corrected chi connectivity index (χ3v) is 14.6. The van der Waals surface area contributed by atoms with Gasteiger partial charge in [-0.05, 0) is 103 Å². The van der Waals surface area contributed by atoms with Gasteiger partial charge >= 0.3 is 0 Å². The molecule has 0 amide bonds. The van der Waals surface area contributed by atoms with Crippen molar-refractivity contribution < 1.29 is 0 Å². The molecule has 0 radical (unpaired) electrons. The van der Waals surface area contributed by atoms with E-state index >= 15 is 0 Å². The number of aromatic nitrogens is 1. The van der Waals surface area contributed by atoms with Crippen LogP contribution in [0.5, 0.6) is 0 Å². The molecule has 11 aromatic carbocycles. The number of hydrogen-bond acceptors (Lipinski definition) is 1. The van der Waals surface area contributed by atoms with E-state index in [-0.39, 0.29) is 0 Å². The lowest BCUT2D eigenvalue weighted by atomic mass is 9.70. The maximum Gasteiger partial charge on any atom is 0.0726 e. The van der Waals surface area contributed by atoms with Crippen LogP contribution in [0, 0.1) is 0 Å². The smallest absolute Gasteiger partial charge is 0.0726 e. The summed E-state index contributed by atoms with van der Waals surface area (Å²) in [7, 11) is 0. The third kappa shape index (κ3) is 5.39. The Kier molecular flexibility index (Phi) is 8.23. The van der Waals surface area contributed by atoms with E-state index in [0.717, 1.165) is 22.7 Å². The van der Waals surface area contributed by atoms with E-state index in [1.807, 2.05) is 0 Å². The normalized spacial score (nSPS) is 12.9. The molecule has 312 valence electrons. The number of fused-ring (bicyclic) bond motifs is 15. The SMILES string of the molecule is c1ccc(-c2ccccc2N(c2ccc(-c3ccc4c5ccc6ccccc6c5n(-c5ccccc5)c4c3)cc2)c2cccc3c2-c2ccccc2C32c3ccccc3-c3ccccc32)cc1. The molecule has 0 N–H and O–H groups in total. The highest BCUT2D eigenvalue weighted by Crippen LogP contribution is 2.64. The quantitative estimate of drug-likeness (QED) is 0.162. The molecular weight excluding hydrogens is 809 g/mol. The first-order valence-corrected chi connectivity index (χ1v) is 23.3. The van der Waals surface area contributed by atoms with Crippen molar-refractivity contribution in [1.82, 2.24) is 4.57 Å². The van der Waals surface area contributed by atoms with Crippen molar-refractivity contribution >= 4 is 49.6 Å². The fourth-order valence-corrected chi connectivity index (χ4v) is 11.9. The molecule has 1 spiro atoms. The summed E-state index contributed by atoms with van der Waals surface area (Å²) in [4.78, 5) is 2.51. The number of hydrogen-bond donors (Lipinski definition) is 0. The Labute approximate surface area is 389 Å². The minimum atomic E-state index is -0.448. The monoisotopic (exact) mass is 850 g/mol. The Morgan fingerprint density at radius 1 is 0.328 bits per heavy atom. The first-order chi connectivity index (χ1) is 33.3. The molecule has 67 heavy (non-hydrogen) atoms. The van der Waals surface area contributed by atoms with Crippen LogP contribution in [-0.2, 0) is 5.41 Å². The van der Waals surface area contributed by atoms with Gasteiger partial charge in [0.2, 0.25) is 0 Å². The number of anilines is 3. The maximum atomic E-state index is 2.51. The van der Waals surface area contributed by atoms with Crippen LogP contribution in [0.15, 0.2) is 255 Å². The summed E-state index contributed by atoms with van der Waals surface area (Å²) in [6.07, 6.45) is 0. The molecule has 2 aliphatic rings. The zero-order valence-electron chi connectivity index (χ0n) is 36.6. The molecule has 2 aliphatic carbocycles. The number of nitrogens with zero attached hydrogens (tertiary/aromatic N) is 2. The van der Waals surface area contributed by atoms with Gasteiger partial charge in [-0.1, -0.05) is 212 Å².